The zero-order chi connectivity index (χ0) is 19.9. The van der Waals surface area contributed by atoms with E-state index >= 15 is 0 Å². The van der Waals surface area contributed by atoms with E-state index in [4.69, 9.17) is 21.2 Å². The summed E-state index contributed by atoms with van der Waals surface area (Å²) in [5.41, 5.74) is 8.60. The molecule has 8 heteroatoms. The first-order chi connectivity index (χ1) is 12.8. The van der Waals surface area contributed by atoms with Crippen molar-refractivity contribution in [3.63, 3.8) is 0 Å². The lowest BCUT2D eigenvalue weighted by molar-refractivity contribution is 0.130. The zero-order valence-corrected chi connectivity index (χ0v) is 16.5. The van der Waals surface area contributed by atoms with E-state index < -0.39 is 5.41 Å². The van der Waals surface area contributed by atoms with Crippen LogP contribution in [0.3, 0.4) is 0 Å². The molecule has 2 unspecified atom stereocenters. The molecule has 0 spiro atoms. The van der Waals surface area contributed by atoms with E-state index in [9.17, 15) is 4.39 Å². The number of ether oxygens (including phenoxy) is 1. The largest absolute Gasteiger partial charge is 0.486 e. The summed E-state index contributed by atoms with van der Waals surface area (Å²) in [5, 5.41) is 6.02. The van der Waals surface area contributed by atoms with Crippen LogP contribution in [0.15, 0.2) is 58.8 Å². The molecular formula is C19H24FN4O2P. The van der Waals surface area contributed by atoms with Gasteiger partial charge in [-0.1, -0.05) is 38.7 Å². The maximum absolute atomic E-state index is 13.8. The van der Waals surface area contributed by atoms with Gasteiger partial charge in [0.15, 0.2) is 5.84 Å². The van der Waals surface area contributed by atoms with Gasteiger partial charge in [0.2, 0.25) is 0 Å². The number of benzene rings is 2. The number of hydrogen-bond acceptors (Lipinski definition) is 5. The molecule has 0 bridgehead atoms. The van der Waals surface area contributed by atoms with Crippen LogP contribution in [0.2, 0.25) is 0 Å². The van der Waals surface area contributed by atoms with Gasteiger partial charge < -0.3 is 21.2 Å². The van der Waals surface area contributed by atoms with Crippen molar-refractivity contribution in [2.24, 2.45) is 21.8 Å². The predicted octanol–water partition coefficient (Wildman–Crippen LogP) is 3.25. The molecule has 0 saturated heterocycles. The molecule has 0 aliphatic rings. The monoisotopic (exact) mass is 390 g/mol. The van der Waals surface area contributed by atoms with Crippen molar-refractivity contribution in [3.8, 4) is 5.75 Å². The topological polar surface area (TPSA) is 95.2 Å². The summed E-state index contributed by atoms with van der Waals surface area (Å²) in [7, 11) is 2.18. The Kier molecular flexibility index (Phi) is 7.13. The summed E-state index contributed by atoms with van der Waals surface area (Å²) in [6, 6.07) is 14.5. The number of amidine groups is 1. The number of rotatable bonds is 8. The molecule has 0 aliphatic carbocycles. The van der Waals surface area contributed by atoms with Crippen LogP contribution in [0.25, 0.3) is 0 Å². The molecule has 4 N–H and O–H groups in total. The van der Waals surface area contributed by atoms with Crippen molar-refractivity contribution in [1.82, 2.24) is 0 Å². The standard InChI is InChI=1S/C19H24FN4O2P/c1-13(15-5-9-17(10-6-15)25-12-18(21)23-22)24-26-11-14-3-7-16(8-4-14)19(2,20)27/h3-10H,11-12,22,27H2,1-2H3,(H2,21,23)/b24-13+. The van der Waals surface area contributed by atoms with Crippen molar-refractivity contribution in [2.45, 2.75) is 25.9 Å². The highest BCUT2D eigenvalue weighted by atomic mass is 31.0. The summed E-state index contributed by atoms with van der Waals surface area (Å²) in [6.45, 7) is 3.77. The van der Waals surface area contributed by atoms with Crippen LogP contribution in [0.5, 0.6) is 5.75 Å². The Hall–Kier alpha value is -2.66. The van der Waals surface area contributed by atoms with Crippen LogP contribution in [0.1, 0.15) is 30.5 Å². The molecule has 0 aliphatic heterocycles. The second-order valence-electron chi connectivity index (χ2n) is 6.16. The number of nitrogens with two attached hydrogens (primary N) is 2. The molecule has 2 aromatic rings. The highest BCUT2D eigenvalue weighted by Gasteiger charge is 2.18. The fourth-order valence-corrected chi connectivity index (χ4v) is 2.36. The van der Waals surface area contributed by atoms with Crippen LogP contribution in [-0.2, 0) is 16.9 Å². The minimum absolute atomic E-state index is 0.128. The van der Waals surface area contributed by atoms with E-state index in [2.05, 4.69) is 19.5 Å². The van der Waals surface area contributed by atoms with Gasteiger partial charge in [-0.15, -0.1) is 0 Å². The quantitative estimate of drug-likeness (QED) is 0.238. The van der Waals surface area contributed by atoms with E-state index in [1.807, 2.05) is 31.2 Å². The van der Waals surface area contributed by atoms with Gasteiger partial charge in [-0.25, -0.2) is 4.39 Å². The van der Waals surface area contributed by atoms with E-state index in [1.54, 1.807) is 24.3 Å². The van der Waals surface area contributed by atoms with Crippen molar-refractivity contribution in [3.05, 3.63) is 65.2 Å². The number of halogens is 1. The Labute approximate surface area is 160 Å². The van der Waals surface area contributed by atoms with Gasteiger partial charge in [0, 0.05) is 0 Å². The lowest BCUT2D eigenvalue weighted by Crippen LogP contribution is -2.22. The van der Waals surface area contributed by atoms with Crippen LogP contribution in [0, 0.1) is 0 Å². The van der Waals surface area contributed by atoms with E-state index in [0.717, 1.165) is 16.8 Å². The first-order valence-corrected chi connectivity index (χ1v) is 8.86. The second-order valence-corrected chi connectivity index (χ2v) is 7.24. The van der Waals surface area contributed by atoms with Crippen LogP contribution in [0.4, 0.5) is 4.39 Å². The van der Waals surface area contributed by atoms with Crippen LogP contribution < -0.4 is 16.3 Å². The lowest BCUT2D eigenvalue weighted by atomic mass is 10.1. The Morgan fingerprint density at radius 3 is 2.33 bits per heavy atom. The molecule has 27 heavy (non-hydrogen) atoms. The number of alkyl halides is 1. The van der Waals surface area contributed by atoms with Crippen molar-refractivity contribution in [2.75, 3.05) is 6.61 Å². The van der Waals surface area contributed by atoms with Gasteiger partial charge in [-0.05, 0) is 54.8 Å². The molecule has 0 amide bonds. The lowest BCUT2D eigenvalue weighted by Gasteiger charge is -2.14. The normalized spacial score (nSPS) is 14.5. The molecule has 2 atom stereocenters. The summed E-state index contributed by atoms with van der Waals surface area (Å²) in [4.78, 5) is 5.40. The summed E-state index contributed by atoms with van der Waals surface area (Å²) in [5.74, 6) is 5.91. The van der Waals surface area contributed by atoms with E-state index in [-0.39, 0.29) is 12.4 Å². The first-order valence-electron chi connectivity index (χ1n) is 8.29. The molecule has 6 nitrogen and oxygen atoms in total. The molecule has 0 aromatic heterocycles. The molecule has 0 heterocycles. The molecule has 144 valence electrons. The number of oxime groups is 1. The average molecular weight is 390 g/mol. The molecule has 2 aromatic carbocycles. The van der Waals surface area contributed by atoms with E-state index in [1.165, 1.54) is 6.92 Å². The minimum atomic E-state index is -1.44. The highest BCUT2D eigenvalue weighted by molar-refractivity contribution is 7.18. The third-order valence-corrected chi connectivity index (χ3v) is 4.11. The third kappa shape index (κ3) is 6.53. The summed E-state index contributed by atoms with van der Waals surface area (Å²) >= 11 is 0. The summed E-state index contributed by atoms with van der Waals surface area (Å²) < 4.78 is 19.2. The molecule has 0 radical (unpaired) electrons. The second kappa shape index (κ2) is 9.33. The minimum Gasteiger partial charge on any atom is -0.486 e. The zero-order valence-electron chi connectivity index (χ0n) is 15.4. The predicted molar refractivity (Wildman–Crippen MR) is 109 cm³/mol. The summed E-state index contributed by atoms with van der Waals surface area (Å²) in [6.07, 6.45) is 0. The molecular weight excluding hydrogens is 366 g/mol. The van der Waals surface area contributed by atoms with Gasteiger partial charge in [-0.2, -0.15) is 5.10 Å². The van der Waals surface area contributed by atoms with Crippen LogP contribution >= 0.6 is 9.24 Å². The van der Waals surface area contributed by atoms with Crippen molar-refractivity contribution >= 4 is 20.8 Å². The fourth-order valence-electron chi connectivity index (χ4n) is 2.17. The van der Waals surface area contributed by atoms with Crippen molar-refractivity contribution < 1.29 is 14.0 Å². The van der Waals surface area contributed by atoms with Gasteiger partial charge in [0.1, 0.15) is 24.4 Å². The van der Waals surface area contributed by atoms with Gasteiger partial charge in [0.05, 0.1) is 5.71 Å². The Bertz CT molecular complexity index is 800. The van der Waals surface area contributed by atoms with E-state index in [0.29, 0.717) is 17.9 Å². The highest BCUT2D eigenvalue weighted by Crippen LogP contribution is 2.32. The van der Waals surface area contributed by atoms with Gasteiger partial charge in [-0.3, -0.25) is 0 Å². The smallest absolute Gasteiger partial charge is 0.157 e. The van der Waals surface area contributed by atoms with Crippen LogP contribution in [-0.4, -0.2) is 18.2 Å². The van der Waals surface area contributed by atoms with Gasteiger partial charge >= 0.3 is 0 Å². The third-order valence-electron chi connectivity index (χ3n) is 3.78. The number of nitrogens with zero attached hydrogens (tertiary/aromatic N) is 2. The first kappa shape index (κ1) is 20.6. The Morgan fingerprint density at radius 1 is 1.15 bits per heavy atom. The average Bonchev–Trinajstić information content (AvgIpc) is 2.66. The van der Waals surface area contributed by atoms with Gasteiger partial charge in [0.25, 0.3) is 0 Å². The number of hydrogen-bond donors (Lipinski definition) is 2. The van der Waals surface area contributed by atoms with Crippen molar-refractivity contribution in [1.29, 1.82) is 0 Å². The SMILES string of the molecule is C/C(=N\OCc1ccc(C(C)(F)P)cc1)c1ccc(OC/C(N)=N/N)cc1. The maximum atomic E-state index is 13.8. The molecule has 0 fully saturated rings. The molecule has 0 saturated carbocycles. The Morgan fingerprint density at radius 2 is 1.78 bits per heavy atom. The molecule has 2 rings (SSSR count). The Balaban J connectivity index is 1.89. The fraction of sp³-hybridized carbons (Fsp3) is 0.263. The number of hydrazone groups is 1. The maximum Gasteiger partial charge on any atom is 0.157 e.